The molecule has 1 N–H and O–H groups in total. The van der Waals surface area contributed by atoms with E-state index in [-0.39, 0.29) is 11.8 Å². The molecule has 2 aliphatic rings. The number of hydrogen-bond donors (Lipinski definition) is 1. The highest BCUT2D eigenvalue weighted by Gasteiger charge is 2.30. The van der Waals surface area contributed by atoms with E-state index in [2.05, 4.69) is 34.6 Å². The van der Waals surface area contributed by atoms with Crippen LogP contribution in [0.25, 0.3) is 11.3 Å². The first kappa shape index (κ1) is 11.2. The molecule has 1 aromatic heterocycles. The summed E-state index contributed by atoms with van der Waals surface area (Å²) in [5.41, 5.74) is 3.66. The van der Waals surface area contributed by atoms with E-state index < -0.39 is 0 Å². The second-order valence-corrected chi connectivity index (χ2v) is 6.30. The molecule has 4 rings (SSSR count). The number of nitrogens with zero attached hydrogens (tertiary/aromatic N) is 1. The number of thiazole rings is 1. The van der Waals surface area contributed by atoms with Gasteiger partial charge in [-0.15, -0.1) is 11.3 Å². The molecule has 1 heterocycles. The Kier molecular flexibility index (Phi) is 2.45. The molecule has 4 heteroatoms. The lowest BCUT2D eigenvalue weighted by molar-refractivity contribution is -0.117. The number of aryl methyl sites for hydroxylation is 2. The monoisotopic (exact) mass is 270 g/mol. The van der Waals surface area contributed by atoms with Crippen LogP contribution in [-0.4, -0.2) is 10.9 Å². The SMILES string of the molecule is O=C(Nc1nc2c(s1)CCc1ccccc1-2)C1CC1. The summed E-state index contributed by atoms with van der Waals surface area (Å²) in [6, 6.07) is 8.42. The van der Waals surface area contributed by atoms with Gasteiger partial charge in [-0.3, -0.25) is 4.79 Å². The highest BCUT2D eigenvalue weighted by atomic mass is 32.1. The summed E-state index contributed by atoms with van der Waals surface area (Å²) >= 11 is 1.63. The van der Waals surface area contributed by atoms with Crippen molar-refractivity contribution < 1.29 is 4.79 Å². The van der Waals surface area contributed by atoms with Crippen LogP contribution >= 0.6 is 11.3 Å². The van der Waals surface area contributed by atoms with Crippen molar-refractivity contribution in [1.82, 2.24) is 4.98 Å². The van der Waals surface area contributed by atoms with E-state index in [9.17, 15) is 4.79 Å². The third-order valence-electron chi connectivity index (χ3n) is 3.77. The molecule has 1 amide bonds. The molecule has 0 spiro atoms. The van der Waals surface area contributed by atoms with Gasteiger partial charge >= 0.3 is 0 Å². The Bertz CT molecular complexity index is 658. The van der Waals surface area contributed by atoms with Crippen molar-refractivity contribution in [3.05, 3.63) is 34.7 Å². The van der Waals surface area contributed by atoms with Crippen LogP contribution in [0.2, 0.25) is 0 Å². The van der Waals surface area contributed by atoms with E-state index >= 15 is 0 Å². The van der Waals surface area contributed by atoms with Gasteiger partial charge in [-0.2, -0.15) is 0 Å². The van der Waals surface area contributed by atoms with E-state index in [1.54, 1.807) is 11.3 Å². The zero-order valence-corrected chi connectivity index (χ0v) is 11.3. The molecule has 1 fully saturated rings. The summed E-state index contributed by atoms with van der Waals surface area (Å²) < 4.78 is 0. The number of aromatic nitrogens is 1. The molecule has 19 heavy (non-hydrogen) atoms. The smallest absolute Gasteiger partial charge is 0.229 e. The molecule has 0 atom stereocenters. The molecular weight excluding hydrogens is 256 g/mol. The van der Waals surface area contributed by atoms with Crippen molar-refractivity contribution in [3.63, 3.8) is 0 Å². The number of amides is 1. The molecule has 3 nitrogen and oxygen atoms in total. The molecular formula is C15H14N2OS. The highest BCUT2D eigenvalue weighted by Crippen LogP contribution is 2.38. The summed E-state index contributed by atoms with van der Waals surface area (Å²) in [5, 5.41) is 3.72. The summed E-state index contributed by atoms with van der Waals surface area (Å²) in [7, 11) is 0. The fourth-order valence-electron chi connectivity index (χ4n) is 2.56. The van der Waals surface area contributed by atoms with Crippen LogP contribution in [0.15, 0.2) is 24.3 Å². The normalized spacial score (nSPS) is 16.6. The molecule has 0 unspecified atom stereocenters. The van der Waals surface area contributed by atoms with Crippen LogP contribution in [0.4, 0.5) is 5.13 Å². The fraction of sp³-hybridized carbons (Fsp3) is 0.333. The lowest BCUT2D eigenvalue weighted by Crippen LogP contribution is -2.12. The van der Waals surface area contributed by atoms with E-state index in [0.29, 0.717) is 0 Å². The van der Waals surface area contributed by atoms with Crippen molar-refractivity contribution in [3.8, 4) is 11.3 Å². The van der Waals surface area contributed by atoms with Crippen LogP contribution < -0.4 is 5.32 Å². The second kappa shape index (κ2) is 4.17. The van der Waals surface area contributed by atoms with Crippen LogP contribution in [0, 0.1) is 5.92 Å². The highest BCUT2D eigenvalue weighted by molar-refractivity contribution is 7.16. The molecule has 0 bridgehead atoms. The summed E-state index contributed by atoms with van der Waals surface area (Å²) in [5.74, 6) is 0.368. The first-order valence-corrected chi connectivity index (χ1v) is 7.52. The standard InChI is InChI=1S/C15H14N2OS/c18-14(10-5-6-10)17-15-16-13-11-4-2-1-3-9(11)7-8-12(13)19-15/h1-4,10H,5-8H2,(H,16,17,18). The number of fused-ring (bicyclic) bond motifs is 3. The van der Waals surface area contributed by atoms with E-state index in [0.717, 1.165) is 36.5 Å². The van der Waals surface area contributed by atoms with Crippen molar-refractivity contribution >= 4 is 22.4 Å². The fourth-order valence-corrected chi connectivity index (χ4v) is 3.53. The molecule has 1 aromatic carbocycles. The van der Waals surface area contributed by atoms with Gasteiger partial charge in [0, 0.05) is 16.4 Å². The van der Waals surface area contributed by atoms with Gasteiger partial charge in [-0.25, -0.2) is 4.98 Å². The molecule has 0 saturated heterocycles. The third kappa shape index (κ3) is 1.96. The van der Waals surface area contributed by atoms with Gasteiger partial charge in [0.05, 0.1) is 5.69 Å². The lowest BCUT2D eigenvalue weighted by atomic mass is 9.94. The van der Waals surface area contributed by atoms with Gasteiger partial charge in [0.1, 0.15) is 0 Å². The van der Waals surface area contributed by atoms with Crippen molar-refractivity contribution in [1.29, 1.82) is 0 Å². The lowest BCUT2D eigenvalue weighted by Gasteiger charge is -2.13. The average Bonchev–Trinajstić information content (AvgIpc) is 3.19. The number of carbonyl (C=O) groups excluding carboxylic acids is 1. The van der Waals surface area contributed by atoms with Crippen LogP contribution in [0.1, 0.15) is 23.3 Å². The largest absolute Gasteiger partial charge is 0.302 e. The van der Waals surface area contributed by atoms with Crippen molar-refractivity contribution in [2.75, 3.05) is 5.32 Å². The van der Waals surface area contributed by atoms with Crippen LogP contribution in [0.3, 0.4) is 0 Å². The molecule has 2 aliphatic carbocycles. The minimum Gasteiger partial charge on any atom is -0.302 e. The Balaban J connectivity index is 1.68. The number of hydrogen-bond acceptors (Lipinski definition) is 3. The van der Waals surface area contributed by atoms with Crippen molar-refractivity contribution in [2.24, 2.45) is 5.92 Å². The first-order chi connectivity index (χ1) is 9.31. The van der Waals surface area contributed by atoms with Crippen LogP contribution in [0.5, 0.6) is 0 Å². The topological polar surface area (TPSA) is 42.0 Å². The Morgan fingerprint density at radius 3 is 2.95 bits per heavy atom. The van der Waals surface area contributed by atoms with E-state index in [4.69, 9.17) is 0 Å². The zero-order valence-electron chi connectivity index (χ0n) is 10.5. The van der Waals surface area contributed by atoms with Gasteiger partial charge in [0.25, 0.3) is 0 Å². The van der Waals surface area contributed by atoms with Crippen LogP contribution in [-0.2, 0) is 17.6 Å². The third-order valence-corrected chi connectivity index (χ3v) is 4.80. The predicted octanol–water partition coefficient (Wildman–Crippen LogP) is 3.26. The summed E-state index contributed by atoms with van der Waals surface area (Å²) in [4.78, 5) is 17.7. The van der Waals surface area contributed by atoms with Gasteiger partial charge in [0.15, 0.2) is 5.13 Å². The maximum absolute atomic E-state index is 11.8. The van der Waals surface area contributed by atoms with Gasteiger partial charge in [0.2, 0.25) is 5.91 Å². The Hall–Kier alpha value is -1.68. The number of rotatable bonds is 2. The van der Waals surface area contributed by atoms with E-state index in [1.165, 1.54) is 16.0 Å². The Morgan fingerprint density at radius 1 is 1.26 bits per heavy atom. The maximum Gasteiger partial charge on any atom is 0.229 e. The Labute approximate surface area is 115 Å². The molecule has 0 aliphatic heterocycles. The second-order valence-electron chi connectivity index (χ2n) is 5.21. The van der Waals surface area contributed by atoms with Crippen molar-refractivity contribution in [2.45, 2.75) is 25.7 Å². The quantitative estimate of drug-likeness (QED) is 0.910. The average molecular weight is 270 g/mol. The molecule has 0 radical (unpaired) electrons. The Morgan fingerprint density at radius 2 is 2.11 bits per heavy atom. The molecule has 2 aromatic rings. The minimum absolute atomic E-state index is 0.138. The maximum atomic E-state index is 11.8. The van der Waals surface area contributed by atoms with E-state index in [1.807, 2.05) is 0 Å². The van der Waals surface area contributed by atoms with Gasteiger partial charge < -0.3 is 5.32 Å². The summed E-state index contributed by atoms with van der Waals surface area (Å²) in [6.07, 6.45) is 4.16. The molecule has 96 valence electrons. The number of nitrogens with one attached hydrogen (secondary N) is 1. The molecule has 1 saturated carbocycles. The number of anilines is 1. The van der Waals surface area contributed by atoms with Gasteiger partial charge in [-0.05, 0) is 31.2 Å². The first-order valence-electron chi connectivity index (χ1n) is 6.70. The predicted molar refractivity (Wildman–Crippen MR) is 76.3 cm³/mol. The summed E-state index contributed by atoms with van der Waals surface area (Å²) in [6.45, 7) is 0. The van der Waals surface area contributed by atoms with Gasteiger partial charge in [-0.1, -0.05) is 24.3 Å². The zero-order chi connectivity index (χ0) is 12.8. The number of carbonyl (C=O) groups is 1. The number of benzene rings is 1. The minimum atomic E-state index is 0.138.